The molecule has 21 heavy (non-hydrogen) atoms. The van der Waals surface area contributed by atoms with Crippen LogP contribution in [0.15, 0.2) is 17.0 Å². The van der Waals surface area contributed by atoms with E-state index in [9.17, 15) is 17.6 Å². The Morgan fingerprint density at radius 2 is 1.95 bits per heavy atom. The van der Waals surface area contributed by atoms with Crippen LogP contribution in [0.2, 0.25) is 0 Å². The highest BCUT2D eigenvalue weighted by molar-refractivity contribution is 7.89. The molecule has 0 saturated heterocycles. The second-order valence-electron chi connectivity index (χ2n) is 5.44. The molecular weight excluding hydrogens is 297 g/mol. The summed E-state index contributed by atoms with van der Waals surface area (Å²) in [6.07, 6.45) is 0. The Morgan fingerprint density at radius 1 is 1.38 bits per heavy atom. The van der Waals surface area contributed by atoms with Gasteiger partial charge in [-0.1, -0.05) is 0 Å². The molecule has 4 N–H and O–H groups in total. The molecule has 1 aromatic rings. The van der Waals surface area contributed by atoms with Crippen LogP contribution in [0.5, 0.6) is 0 Å². The van der Waals surface area contributed by atoms with Crippen LogP contribution in [0.1, 0.15) is 19.4 Å². The zero-order valence-electron chi connectivity index (χ0n) is 12.5. The van der Waals surface area contributed by atoms with E-state index in [0.29, 0.717) is 0 Å². The van der Waals surface area contributed by atoms with Gasteiger partial charge in [-0.15, -0.1) is 0 Å². The van der Waals surface area contributed by atoms with E-state index in [0.717, 1.165) is 6.07 Å². The van der Waals surface area contributed by atoms with Crippen molar-refractivity contribution < 1.29 is 17.6 Å². The highest BCUT2D eigenvalue weighted by atomic mass is 32.2. The van der Waals surface area contributed by atoms with E-state index >= 15 is 0 Å². The summed E-state index contributed by atoms with van der Waals surface area (Å²) in [6.45, 7) is 4.42. The van der Waals surface area contributed by atoms with Gasteiger partial charge in [-0.3, -0.25) is 4.79 Å². The third-order valence-electron chi connectivity index (χ3n) is 3.08. The van der Waals surface area contributed by atoms with Gasteiger partial charge in [-0.2, -0.15) is 0 Å². The molecule has 0 saturated carbocycles. The van der Waals surface area contributed by atoms with Crippen LogP contribution in [-0.4, -0.2) is 27.9 Å². The molecule has 8 heteroatoms. The van der Waals surface area contributed by atoms with E-state index < -0.39 is 26.2 Å². The lowest BCUT2D eigenvalue weighted by atomic mass is 9.93. The Kier molecular flexibility index (Phi) is 4.95. The minimum atomic E-state index is -4.10. The fourth-order valence-corrected chi connectivity index (χ4v) is 3.13. The Bertz CT molecular complexity index is 657. The van der Waals surface area contributed by atoms with Crippen LogP contribution in [-0.2, 0) is 14.8 Å². The molecule has 1 aromatic carbocycles. The summed E-state index contributed by atoms with van der Waals surface area (Å²) in [5.74, 6) is -1.18. The highest BCUT2D eigenvalue weighted by Crippen LogP contribution is 2.22. The lowest BCUT2D eigenvalue weighted by Crippen LogP contribution is -2.43. The molecule has 118 valence electrons. The van der Waals surface area contributed by atoms with Gasteiger partial charge in [-0.25, -0.2) is 17.5 Å². The molecule has 1 rings (SSSR count). The van der Waals surface area contributed by atoms with Crippen molar-refractivity contribution in [2.75, 3.05) is 19.3 Å². The van der Waals surface area contributed by atoms with Crippen LogP contribution < -0.4 is 15.8 Å². The number of sulfonamides is 1. The number of halogens is 1. The molecule has 0 aliphatic carbocycles. The summed E-state index contributed by atoms with van der Waals surface area (Å²) >= 11 is 0. The summed E-state index contributed by atoms with van der Waals surface area (Å²) in [7, 11) is -2.64. The van der Waals surface area contributed by atoms with Crippen molar-refractivity contribution in [3.63, 3.8) is 0 Å². The van der Waals surface area contributed by atoms with Gasteiger partial charge in [0.25, 0.3) is 0 Å². The lowest BCUT2D eigenvalue weighted by molar-refractivity contribution is -0.128. The normalized spacial score (nSPS) is 12.2. The average molecular weight is 317 g/mol. The lowest BCUT2D eigenvalue weighted by Gasteiger charge is -2.23. The monoisotopic (exact) mass is 317 g/mol. The molecule has 0 fully saturated rings. The number of nitrogens with two attached hydrogens (primary N) is 1. The van der Waals surface area contributed by atoms with Crippen molar-refractivity contribution in [1.82, 2.24) is 10.0 Å². The Morgan fingerprint density at radius 3 is 2.48 bits per heavy atom. The predicted molar refractivity (Wildman–Crippen MR) is 78.6 cm³/mol. The van der Waals surface area contributed by atoms with E-state index in [1.807, 2.05) is 0 Å². The molecular formula is C13H20FN3O3S. The van der Waals surface area contributed by atoms with Crippen LogP contribution >= 0.6 is 0 Å². The van der Waals surface area contributed by atoms with Gasteiger partial charge >= 0.3 is 0 Å². The number of hydrogen-bond donors (Lipinski definition) is 3. The van der Waals surface area contributed by atoms with Crippen LogP contribution in [0.25, 0.3) is 0 Å². The number of amides is 1. The third-order valence-corrected chi connectivity index (χ3v) is 4.48. The average Bonchev–Trinajstić information content (AvgIpc) is 2.39. The number of benzene rings is 1. The van der Waals surface area contributed by atoms with Crippen LogP contribution in [0.4, 0.5) is 10.1 Å². The standard InChI is InChI=1S/C13H20FN3O3S/c1-8-5-9(15)6-10(11(8)14)21(19,20)17-7-13(2,3)12(18)16-4/h5-6,17H,7,15H2,1-4H3,(H,16,18). The number of aryl methyl sites for hydroxylation is 1. The summed E-state index contributed by atoms with van der Waals surface area (Å²) in [5, 5.41) is 2.44. The summed E-state index contributed by atoms with van der Waals surface area (Å²) in [6, 6.07) is 2.40. The number of rotatable bonds is 5. The second-order valence-corrected chi connectivity index (χ2v) is 7.17. The zero-order chi connectivity index (χ0) is 16.4. The highest BCUT2D eigenvalue weighted by Gasteiger charge is 2.30. The molecule has 0 unspecified atom stereocenters. The maximum absolute atomic E-state index is 14.0. The Balaban J connectivity index is 3.06. The number of carbonyl (C=O) groups is 1. The molecule has 6 nitrogen and oxygen atoms in total. The van der Waals surface area contributed by atoms with E-state index in [4.69, 9.17) is 5.73 Å². The third kappa shape index (κ3) is 3.92. The first-order chi connectivity index (χ1) is 9.51. The first-order valence-electron chi connectivity index (χ1n) is 6.29. The van der Waals surface area contributed by atoms with E-state index in [1.165, 1.54) is 20.0 Å². The SMILES string of the molecule is CNC(=O)C(C)(C)CNS(=O)(=O)c1cc(N)cc(C)c1F. The number of nitrogen functional groups attached to an aromatic ring is 1. The predicted octanol–water partition coefficient (Wildman–Crippen LogP) is 0.767. The fourth-order valence-electron chi connectivity index (χ4n) is 1.73. The molecule has 1 amide bonds. The molecule has 0 spiro atoms. The van der Waals surface area contributed by atoms with Crippen molar-refractivity contribution >= 4 is 21.6 Å². The van der Waals surface area contributed by atoms with Gasteiger partial charge in [0.2, 0.25) is 15.9 Å². The molecule has 0 aromatic heterocycles. The van der Waals surface area contributed by atoms with Gasteiger partial charge in [0.1, 0.15) is 10.7 Å². The fraction of sp³-hybridized carbons (Fsp3) is 0.462. The van der Waals surface area contributed by atoms with Crippen LogP contribution in [0.3, 0.4) is 0 Å². The Labute approximate surface area is 124 Å². The molecule has 0 aliphatic rings. The van der Waals surface area contributed by atoms with Crippen molar-refractivity contribution in [3.8, 4) is 0 Å². The van der Waals surface area contributed by atoms with Crippen molar-refractivity contribution in [2.45, 2.75) is 25.7 Å². The van der Waals surface area contributed by atoms with E-state index in [1.54, 1.807) is 13.8 Å². The van der Waals surface area contributed by atoms with E-state index in [-0.39, 0.29) is 23.7 Å². The number of hydrogen-bond acceptors (Lipinski definition) is 4. The van der Waals surface area contributed by atoms with Crippen molar-refractivity contribution in [2.24, 2.45) is 5.41 Å². The summed E-state index contributed by atoms with van der Waals surface area (Å²) < 4.78 is 40.6. The number of anilines is 1. The smallest absolute Gasteiger partial charge is 0.243 e. The quantitative estimate of drug-likeness (QED) is 0.698. The first kappa shape index (κ1) is 17.4. The number of nitrogens with one attached hydrogen (secondary N) is 2. The molecule has 0 heterocycles. The van der Waals surface area contributed by atoms with Crippen molar-refractivity contribution in [1.29, 1.82) is 0 Å². The van der Waals surface area contributed by atoms with Gasteiger partial charge in [0.05, 0.1) is 5.41 Å². The van der Waals surface area contributed by atoms with E-state index in [2.05, 4.69) is 10.0 Å². The van der Waals surface area contributed by atoms with Crippen LogP contribution in [0, 0.1) is 18.2 Å². The van der Waals surface area contributed by atoms with Gasteiger partial charge in [0.15, 0.2) is 0 Å². The maximum Gasteiger partial charge on any atom is 0.243 e. The minimum absolute atomic E-state index is 0.140. The van der Waals surface area contributed by atoms with Crippen molar-refractivity contribution in [3.05, 3.63) is 23.5 Å². The van der Waals surface area contributed by atoms with Gasteiger partial charge < -0.3 is 11.1 Å². The largest absolute Gasteiger partial charge is 0.399 e. The topological polar surface area (TPSA) is 101 Å². The maximum atomic E-state index is 14.0. The zero-order valence-corrected chi connectivity index (χ0v) is 13.3. The summed E-state index contributed by atoms with van der Waals surface area (Å²) in [5.41, 5.74) is 4.88. The molecule has 0 atom stereocenters. The van der Waals surface area contributed by atoms with Gasteiger partial charge in [0, 0.05) is 19.3 Å². The number of carbonyl (C=O) groups excluding carboxylic acids is 1. The molecule has 0 radical (unpaired) electrons. The first-order valence-corrected chi connectivity index (χ1v) is 7.77. The summed E-state index contributed by atoms with van der Waals surface area (Å²) in [4.78, 5) is 11.1. The second kappa shape index (κ2) is 5.98. The molecule has 0 bridgehead atoms. The minimum Gasteiger partial charge on any atom is -0.399 e. The molecule has 0 aliphatic heterocycles. The Hall–Kier alpha value is -1.67. The van der Waals surface area contributed by atoms with Gasteiger partial charge in [-0.05, 0) is 38.5 Å².